The lowest BCUT2D eigenvalue weighted by atomic mass is 9.99. The summed E-state index contributed by atoms with van der Waals surface area (Å²) in [6.07, 6.45) is 3.45. The Hall–Kier alpha value is -1.89. The molecule has 0 aromatic carbocycles. The molecule has 0 bridgehead atoms. The molecular weight excluding hydrogens is 262 g/mol. The standard InChI is InChI=1S/C13H19N3O4/c17-6-4-10-3-1-2-5-16(10)12(19)8-9-7-11(18)15-13(20)14-9/h7,10,17H,1-6,8H2,(H2,14,15,18,20). The number of carbonyl (C=O) groups is 1. The molecule has 0 aliphatic carbocycles. The average Bonchev–Trinajstić information content (AvgIpc) is 2.38. The fourth-order valence-electron chi connectivity index (χ4n) is 2.66. The monoisotopic (exact) mass is 281 g/mol. The lowest BCUT2D eigenvalue weighted by Crippen LogP contribution is -2.45. The number of aromatic amines is 2. The highest BCUT2D eigenvalue weighted by atomic mass is 16.3. The minimum absolute atomic E-state index is 0.00108. The van der Waals surface area contributed by atoms with Gasteiger partial charge in [0.05, 0.1) is 6.42 Å². The number of aromatic nitrogens is 2. The Morgan fingerprint density at radius 3 is 2.85 bits per heavy atom. The molecule has 3 N–H and O–H groups in total. The van der Waals surface area contributed by atoms with Crippen molar-refractivity contribution in [1.29, 1.82) is 0 Å². The van der Waals surface area contributed by atoms with E-state index in [0.717, 1.165) is 19.3 Å². The molecule has 2 rings (SSSR count). The molecule has 0 radical (unpaired) electrons. The quantitative estimate of drug-likeness (QED) is 0.683. The molecule has 0 spiro atoms. The summed E-state index contributed by atoms with van der Waals surface area (Å²) in [5.41, 5.74) is -0.801. The third-order valence-electron chi connectivity index (χ3n) is 3.57. The maximum Gasteiger partial charge on any atom is 0.325 e. The van der Waals surface area contributed by atoms with Crippen LogP contribution in [0.3, 0.4) is 0 Å². The maximum absolute atomic E-state index is 12.3. The van der Waals surface area contributed by atoms with Gasteiger partial charge in [0.25, 0.3) is 5.56 Å². The zero-order valence-corrected chi connectivity index (χ0v) is 11.2. The number of hydrogen-bond acceptors (Lipinski definition) is 4. The Morgan fingerprint density at radius 1 is 1.35 bits per heavy atom. The van der Waals surface area contributed by atoms with Gasteiger partial charge in [-0.15, -0.1) is 0 Å². The highest BCUT2D eigenvalue weighted by Gasteiger charge is 2.26. The molecule has 2 heterocycles. The fraction of sp³-hybridized carbons (Fsp3) is 0.615. The van der Waals surface area contributed by atoms with Crippen molar-refractivity contribution in [2.24, 2.45) is 0 Å². The number of H-pyrrole nitrogens is 2. The van der Waals surface area contributed by atoms with Crippen LogP contribution in [0.4, 0.5) is 0 Å². The van der Waals surface area contributed by atoms with Gasteiger partial charge in [-0.05, 0) is 25.7 Å². The number of carbonyl (C=O) groups excluding carboxylic acids is 1. The molecule has 1 amide bonds. The molecule has 7 heteroatoms. The van der Waals surface area contributed by atoms with Crippen molar-refractivity contribution in [3.63, 3.8) is 0 Å². The zero-order chi connectivity index (χ0) is 14.5. The molecule has 1 atom stereocenters. The molecule has 1 fully saturated rings. The number of nitrogens with zero attached hydrogens (tertiary/aromatic N) is 1. The number of piperidine rings is 1. The van der Waals surface area contributed by atoms with Gasteiger partial charge < -0.3 is 15.0 Å². The summed E-state index contributed by atoms with van der Waals surface area (Å²) in [5, 5.41) is 9.05. The van der Waals surface area contributed by atoms with Crippen LogP contribution in [0.5, 0.6) is 0 Å². The number of rotatable bonds is 4. The summed E-state index contributed by atoms with van der Waals surface area (Å²) >= 11 is 0. The van der Waals surface area contributed by atoms with E-state index in [2.05, 4.69) is 9.97 Å². The van der Waals surface area contributed by atoms with Crippen molar-refractivity contribution < 1.29 is 9.90 Å². The van der Waals surface area contributed by atoms with Crippen LogP contribution in [0, 0.1) is 0 Å². The summed E-state index contributed by atoms with van der Waals surface area (Å²) < 4.78 is 0. The number of aliphatic hydroxyl groups excluding tert-OH is 1. The van der Waals surface area contributed by atoms with Gasteiger partial charge in [0.1, 0.15) is 0 Å². The van der Waals surface area contributed by atoms with E-state index in [-0.39, 0.29) is 25.0 Å². The van der Waals surface area contributed by atoms with Gasteiger partial charge >= 0.3 is 5.69 Å². The Bertz CT molecular complexity index is 547. The van der Waals surface area contributed by atoms with Crippen LogP contribution in [0.15, 0.2) is 15.7 Å². The molecule has 1 aromatic heterocycles. The molecule has 110 valence electrons. The SMILES string of the molecule is O=C(Cc1cc(=O)[nH]c(=O)[nH]1)N1CCCCC1CCO. The maximum atomic E-state index is 12.3. The summed E-state index contributed by atoms with van der Waals surface area (Å²) in [4.78, 5) is 40.9. The van der Waals surface area contributed by atoms with E-state index in [9.17, 15) is 14.4 Å². The highest BCUT2D eigenvalue weighted by molar-refractivity contribution is 5.78. The largest absolute Gasteiger partial charge is 0.396 e. The summed E-state index contributed by atoms with van der Waals surface area (Å²) in [6, 6.07) is 1.28. The smallest absolute Gasteiger partial charge is 0.325 e. The second kappa shape index (κ2) is 6.51. The molecular formula is C13H19N3O4. The number of aliphatic hydroxyl groups is 1. The van der Waals surface area contributed by atoms with Crippen molar-refractivity contribution >= 4 is 5.91 Å². The number of amides is 1. The van der Waals surface area contributed by atoms with E-state index in [1.165, 1.54) is 6.07 Å². The van der Waals surface area contributed by atoms with Crippen LogP contribution in [0.25, 0.3) is 0 Å². The zero-order valence-electron chi connectivity index (χ0n) is 11.2. The molecule has 0 saturated carbocycles. The Balaban J connectivity index is 2.09. The number of hydrogen-bond donors (Lipinski definition) is 3. The number of nitrogens with one attached hydrogen (secondary N) is 2. The first kappa shape index (κ1) is 14.5. The van der Waals surface area contributed by atoms with Gasteiger partial charge in [0.2, 0.25) is 5.91 Å². The fourth-order valence-corrected chi connectivity index (χ4v) is 2.66. The van der Waals surface area contributed by atoms with Crippen LogP contribution in [-0.2, 0) is 11.2 Å². The second-order valence-electron chi connectivity index (χ2n) is 5.04. The first-order valence-corrected chi connectivity index (χ1v) is 6.83. The molecule has 20 heavy (non-hydrogen) atoms. The predicted octanol–water partition coefficient (Wildman–Crippen LogP) is -0.631. The summed E-state index contributed by atoms with van der Waals surface area (Å²) in [6.45, 7) is 0.715. The van der Waals surface area contributed by atoms with E-state index >= 15 is 0 Å². The third kappa shape index (κ3) is 3.57. The van der Waals surface area contributed by atoms with E-state index in [4.69, 9.17) is 5.11 Å². The Kier molecular flexibility index (Phi) is 4.73. The van der Waals surface area contributed by atoms with Crippen LogP contribution in [-0.4, -0.2) is 45.1 Å². The minimum Gasteiger partial charge on any atom is -0.396 e. The molecule has 1 aliphatic heterocycles. The van der Waals surface area contributed by atoms with E-state index < -0.39 is 11.2 Å². The van der Waals surface area contributed by atoms with Gasteiger partial charge in [0.15, 0.2) is 0 Å². The van der Waals surface area contributed by atoms with Gasteiger partial charge in [-0.25, -0.2) is 4.79 Å². The topological polar surface area (TPSA) is 106 Å². The second-order valence-corrected chi connectivity index (χ2v) is 5.04. The molecule has 1 unspecified atom stereocenters. The number of likely N-dealkylation sites (tertiary alicyclic amines) is 1. The minimum atomic E-state index is -0.606. The molecule has 7 nitrogen and oxygen atoms in total. The van der Waals surface area contributed by atoms with Crippen molar-refractivity contribution in [3.8, 4) is 0 Å². The highest BCUT2D eigenvalue weighted by Crippen LogP contribution is 2.20. The summed E-state index contributed by atoms with van der Waals surface area (Å²) in [5.74, 6) is -0.121. The van der Waals surface area contributed by atoms with Crippen molar-refractivity contribution in [2.75, 3.05) is 13.2 Å². The van der Waals surface area contributed by atoms with Gasteiger partial charge in [-0.3, -0.25) is 14.6 Å². The summed E-state index contributed by atoms with van der Waals surface area (Å²) in [7, 11) is 0. The molecule has 1 saturated heterocycles. The van der Waals surface area contributed by atoms with E-state index in [0.29, 0.717) is 18.7 Å². The Labute approximate surface area is 115 Å². The normalized spacial score (nSPS) is 19.1. The van der Waals surface area contributed by atoms with E-state index in [1.807, 2.05) is 0 Å². The van der Waals surface area contributed by atoms with Crippen molar-refractivity contribution in [3.05, 3.63) is 32.6 Å². The van der Waals surface area contributed by atoms with Crippen LogP contribution < -0.4 is 11.2 Å². The first-order chi connectivity index (χ1) is 9.60. The van der Waals surface area contributed by atoms with Gasteiger partial charge in [-0.1, -0.05) is 0 Å². The predicted molar refractivity (Wildman–Crippen MR) is 72.4 cm³/mol. The first-order valence-electron chi connectivity index (χ1n) is 6.83. The third-order valence-corrected chi connectivity index (χ3v) is 3.57. The molecule has 1 aromatic rings. The van der Waals surface area contributed by atoms with Crippen LogP contribution >= 0.6 is 0 Å². The average molecular weight is 281 g/mol. The molecule has 1 aliphatic rings. The lowest BCUT2D eigenvalue weighted by Gasteiger charge is -2.35. The lowest BCUT2D eigenvalue weighted by molar-refractivity contribution is -0.134. The van der Waals surface area contributed by atoms with Crippen molar-refractivity contribution in [2.45, 2.75) is 38.1 Å². The van der Waals surface area contributed by atoms with Gasteiger partial charge in [0, 0.05) is 31.0 Å². The van der Waals surface area contributed by atoms with E-state index in [1.54, 1.807) is 4.90 Å². The van der Waals surface area contributed by atoms with Crippen LogP contribution in [0.1, 0.15) is 31.4 Å². The van der Waals surface area contributed by atoms with Crippen LogP contribution in [0.2, 0.25) is 0 Å². The Morgan fingerprint density at radius 2 is 2.15 bits per heavy atom. The van der Waals surface area contributed by atoms with Crippen molar-refractivity contribution in [1.82, 2.24) is 14.9 Å². The van der Waals surface area contributed by atoms with Gasteiger partial charge in [-0.2, -0.15) is 0 Å².